The van der Waals surface area contributed by atoms with E-state index in [4.69, 9.17) is 0 Å². The van der Waals surface area contributed by atoms with Crippen molar-refractivity contribution in [3.63, 3.8) is 0 Å². The van der Waals surface area contributed by atoms with Crippen molar-refractivity contribution < 1.29 is 0 Å². The highest BCUT2D eigenvalue weighted by atomic mass is 79.9. The highest BCUT2D eigenvalue weighted by molar-refractivity contribution is 9.12. The molecule has 0 unspecified atom stereocenters. The van der Waals surface area contributed by atoms with Crippen LogP contribution in [0.2, 0.25) is 0 Å². The number of halogens is 2. The summed E-state index contributed by atoms with van der Waals surface area (Å²) in [4.78, 5) is 0.459. The second-order valence-corrected chi connectivity index (χ2v) is 7.95. The van der Waals surface area contributed by atoms with Gasteiger partial charge in [-0.1, -0.05) is 98.6 Å². The first kappa shape index (κ1) is 15.2. The molecule has 1 aliphatic rings. The Balaban J connectivity index is 2.17. The third kappa shape index (κ3) is 2.40. The zero-order valence-corrected chi connectivity index (χ0v) is 15.9. The molecule has 2 atom stereocenters. The van der Waals surface area contributed by atoms with E-state index in [0.29, 0.717) is 0 Å². The Hall–Kier alpha value is -1.38. The molecule has 2 heteroatoms. The Kier molecular flexibility index (Phi) is 3.90. The molecule has 114 valence electrons. The normalized spacial score (nSPS) is 19.1. The predicted molar refractivity (Wildman–Crippen MR) is 105 cm³/mol. The average molecular weight is 428 g/mol. The molecule has 0 bridgehead atoms. The monoisotopic (exact) mass is 426 g/mol. The van der Waals surface area contributed by atoms with Crippen LogP contribution in [0, 0.1) is 6.92 Å². The molecule has 1 aliphatic carbocycles. The molecule has 4 rings (SSSR count). The summed E-state index contributed by atoms with van der Waals surface area (Å²) in [6.07, 6.45) is 0. The van der Waals surface area contributed by atoms with E-state index < -0.39 is 0 Å². The summed E-state index contributed by atoms with van der Waals surface area (Å²) in [7, 11) is 0. The smallest absolute Gasteiger partial charge is 0.0567 e. The van der Waals surface area contributed by atoms with Crippen LogP contribution in [0.15, 0.2) is 66.7 Å². The van der Waals surface area contributed by atoms with Crippen LogP contribution < -0.4 is 0 Å². The lowest BCUT2D eigenvalue weighted by molar-refractivity contribution is 0.938. The van der Waals surface area contributed by atoms with E-state index in [0.717, 1.165) is 0 Å². The Morgan fingerprint density at radius 3 is 1.83 bits per heavy atom. The Bertz CT molecular complexity index is 883. The molecule has 0 amide bonds. The molecule has 23 heavy (non-hydrogen) atoms. The van der Waals surface area contributed by atoms with Gasteiger partial charge in [0, 0.05) is 0 Å². The Labute approximate surface area is 153 Å². The highest BCUT2D eigenvalue weighted by Gasteiger charge is 2.28. The van der Waals surface area contributed by atoms with Gasteiger partial charge < -0.3 is 0 Å². The number of aryl methyl sites for hydroxylation is 1. The molecule has 0 nitrogen and oxygen atoms in total. The molecular formula is C21H16Br2. The average Bonchev–Trinajstić information content (AvgIpc) is 2.59. The van der Waals surface area contributed by atoms with Crippen LogP contribution >= 0.6 is 31.9 Å². The maximum atomic E-state index is 3.94. The van der Waals surface area contributed by atoms with E-state index in [-0.39, 0.29) is 9.65 Å². The van der Waals surface area contributed by atoms with Gasteiger partial charge in [0.2, 0.25) is 0 Å². The maximum Gasteiger partial charge on any atom is 0.0567 e. The molecule has 3 aromatic rings. The summed E-state index contributed by atoms with van der Waals surface area (Å²) in [6, 6.07) is 24.0. The number of benzene rings is 3. The van der Waals surface area contributed by atoms with E-state index in [1.165, 1.54) is 38.9 Å². The summed E-state index contributed by atoms with van der Waals surface area (Å²) in [5.41, 5.74) is 9.28. The van der Waals surface area contributed by atoms with Crippen LogP contribution in [0.4, 0.5) is 0 Å². The van der Waals surface area contributed by atoms with Gasteiger partial charge in [-0.2, -0.15) is 0 Å². The zero-order chi connectivity index (χ0) is 16.0. The van der Waals surface area contributed by atoms with Gasteiger partial charge in [0.05, 0.1) is 9.65 Å². The molecule has 0 fully saturated rings. The van der Waals surface area contributed by atoms with Gasteiger partial charge in [-0.15, -0.1) is 0 Å². The lowest BCUT2D eigenvalue weighted by atomic mass is 9.82. The molecule has 0 saturated carbocycles. The van der Waals surface area contributed by atoms with Crippen molar-refractivity contribution >= 4 is 31.9 Å². The lowest BCUT2D eigenvalue weighted by Crippen LogP contribution is -2.07. The van der Waals surface area contributed by atoms with Gasteiger partial charge in [-0.3, -0.25) is 0 Å². The van der Waals surface area contributed by atoms with Gasteiger partial charge in [0.25, 0.3) is 0 Å². The number of hydrogen-bond donors (Lipinski definition) is 0. The van der Waals surface area contributed by atoms with E-state index >= 15 is 0 Å². The molecule has 0 aromatic heterocycles. The zero-order valence-electron chi connectivity index (χ0n) is 12.8. The lowest BCUT2D eigenvalue weighted by Gasteiger charge is -2.28. The number of alkyl halides is 2. The Morgan fingerprint density at radius 2 is 1.13 bits per heavy atom. The fraction of sp³-hybridized carbons (Fsp3) is 0.143. The quantitative estimate of drug-likeness (QED) is 0.332. The minimum Gasteiger partial charge on any atom is -0.0823 e. The number of fused-ring (bicyclic) bond motifs is 5. The van der Waals surface area contributed by atoms with Crippen molar-refractivity contribution in [2.75, 3.05) is 0 Å². The van der Waals surface area contributed by atoms with Crippen LogP contribution in [0.5, 0.6) is 0 Å². The third-order valence-corrected chi connectivity index (χ3v) is 7.36. The van der Waals surface area contributed by atoms with Gasteiger partial charge in [-0.25, -0.2) is 0 Å². The summed E-state index contributed by atoms with van der Waals surface area (Å²) < 4.78 is 0. The van der Waals surface area contributed by atoms with Crippen molar-refractivity contribution in [1.29, 1.82) is 0 Å². The number of rotatable bonds is 0. The summed E-state index contributed by atoms with van der Waals surface area (Å²) in [5.74, 6) is 0. The first-order valence-electron chi connectivity index (χ1n) is 7.75. The van der Waals surface area contributed by atoms with Gasteiger partial charge in [0.1, 0.15) is 0 Å². The van der Waals surface area contributed by atoms with Crippen molar-refractivity contribution in [1.82, 2.24) is 0 Å². The molecule has 0 radical (unpaired) electrons. The van der Waals surface area contributed by atoms with E-state index in [1.54, 1.807) is 0 Å². The van der Waals surface area contributed by atoms with Crippen molar-refractivity contribution in [3.8, 4) is 22.3 Å². The van der Waals surface area contributed by atoms with Crippen LogP contribution in [-0.4, -0.2) is 0 Å². The minimum atomic E-state index is 0.229. The molecule has 0 aliphatic heterocycles. The SMILES string of the molecule is Cc1cccc2c1-c1ccccc1[C@H](Br)[C@@H](Br)c1ccccc1-2. The van der Waals surface area contributed by atoms with Gasteiger partial charge in [-0.05, 0) is 45.9 Å². The van der Waals surface area contributed by atoms with E-state index in [9.17, 15) is 0 Å². The molecular weight excluding hydrogens is 412 g/mol. The fourth-order valence-electron chi connectivity index (χ4n) is 3.51. The Morgan fingerprint density at radius 1 is 0.609 bits per heavy atom. The van der Waals surface area contributed by atoms with Crippen molar-refractivity contribution in [2.45, 2.75) is 16.6 Å². The minimum absolute atomic E-state index is 0.229. The second-order valence-electron chi connectivity index (χ2n) is 5.98. The van der Waals surface area contributed by atoms with Crippen molar-refractivity contribution in [2.24, 2.45) is 0 Å². The fourth-order valence-corrected chi connectivity index (χ4v) is 4.88. The van der Waals surface area contributed by atoms with Gasteiger partial charge >= 0.3 is 0 Å². The largest absolute Gasteiger partial charge is 0.0823 e. The summed E-state index contributed by atoms with van der Waals surface area (Å²) in [6.45, 7) is 2.20. The van der Waals surface area contributed by atoms with E-state index in [2.05, 4.69) is 106 Å². The van der Waals surface area contributed by atoms with Crippen molar-refractivity contribution in [3.05, 3.63) is 83.4 Å². The van der Waals surface area contributed by atoms with Crippen LogP contribution in [0.25, 0.3) is 22.3 Å². The molecule has 3 aromatic carbocycles. The van der Waals surface area contributed by atoms with E-state index in [1.807, 2.05) is 0 Å². The molecule has 0 spiro atoms. The third-order valence-electron chi connectivity index (χ3n) is 4.61. The summed E-state index contributed by atoms with van der Waals surface area (Å²) >= 11 is 7.87. The maximum absolute atomic E-state index is 3.94. The standard InChI is InChI=1S/C21H16Br2/c1-13-7-6-12-15-14-8-2-4-10-17(14)20(22)21(23)18-11-5-3-9-16(18)19(13)15/h2-12,20-21H,1H3/t20-,21-/m0/s1. The van der Waals surface area contributed by atoms with Crippen LogP contribution in [0.3, 0.4) is 0 Å². The predicted octanol–water partition coefficient (Wildman–Crippen LogP) is 7.21. The van der Waals surface area contributed by atoms with Crippen LogP contribution in [-0.2, 0) is 0 Å². The summed E-state index contributed by atoms with van der Waals surface area (Å²) in [5, 5.41) is 0. The molecule has 0 saturated heterocycles. The van der Waals surface area contributed by atoms with Crippen LogP contribution in [0.1, 0.15) is 26.3 Å². The molecule has 0 N–H and O–H groups in total. The number of hydrogen-bond acceptors (Lipinski definition) is 0. The topological polar surface area (TPSA) is 0 Å². The molecule has 0 heterocycles. The highest BCUT2D eigenvalue weighted by Crippen LogP contribution is 2.52. The first-order valence-corrected chi connectivity index (χ1v) is 9.58. The first-order chi connectivity index (χ1) is 11.2. The van der Waals surface area contributed by atoms with Gasteiger partial charge in [0.15, 0.2) is 0 Å². The second kappa shape index (κ2) is 5.92.